The van der Waals surface area contributed by atoms with E-state index in [0.29, 0.717) is 21.8 Å². The van der Waals surface area contributed by atoms with Crippen LogP contribution in [0.3, 0.4) is 0 Å². The number of nitrogens with zero attached hydrogens (tertiary/aromatic N) is 3. The van der Waals surface area contributed by atoms with Crippen LogP contribution >= 0.6 is 23.4 Å². The highest BCUT2D eigenvalue weighted by Crippen LogP contribution is 2.40. The number of thioether (sulfide) groups is 1. The zero-order chi connectivity index (χ0) is 23.4. The average molecular weight is 495 g/mol. The molecule has 2 aromatic carbocycles. The van der Waals surface area contributed by atoms with Gasteiger partial charge in [0.1, 0.15) is 18.1 Å². The molecule has 1 aliphatic rings. The van der Waals surface area contributed by atoms with Crippen molar-refractivity contribution in [3.63, 3.8) is 0 Å². The molecule has 1 unspecified atom stereocenters. The second kappa shape index (κ2) is 10.4. The summed E-state index contributed by atoms with van der Waals surface area (Å²) in [7, 11) is 0. The largest absolute Gasteiger partial charge is 0.484 e. The third kappa shape index (κ3) is 5.94. The van der Waals surface area contributed by atoms with E-state index in [1.807, 2.05) is 16.7 Å². The lowest BCUT2D eigenvalue weighted by Crippen LogP contribution is -2.23. The fraction of sp³-hybridized carbons (Fsp3) is 0.318. The molecule has 1 saturated carbocycles. The van der Waals surface area contributed by atoms with Crippen molar-refractivity contribution in [2.45, 2.75) is 49.4 Å². The van der Waals surface area contributed by atoms with Gasteiger partial charge in [-0.2, -0.15) is 8.78 Å². The van der Waals surface area contributed by atoms with Gasteiger partial charge in [-0.25, -0.2) is 0 Å². The Morgan fingerprint density at radius 3 is 2.58 bits per heavy atom. The Balaban J connectivity index is 1.43. The van der Waals surface area contributed by atoms with Crippen molar-refractivity contribution < 1.29 is 23.0 Å². The molecule has 7 nitrogen and oxygen atoms in total. The van der Waals surface area contributed by atoms with Crippen LogP contribution in [0.1, 0.15) is 31.6 Å². The fourth-order valence-electron chi connectivity index (χ4n) is 3.10. The SMILES string of the molecule is CC(Sc1nnc(COc2ccccc2Cl)n1C1CC1)C(=O)Nc1ccccc1OC(F)F. The lowest BCUT2D eigenvalue weighted by molar-refractivity contribution is -0.115. The number of anilines is 1. The molecule has 0 bridgehead atoms. The molecule has 0 saturated heterocycles. The topological polar surface area (TPSA) is 78.3 Å². The van der Waals surface area contributed by atoms with Gasteiger partial charge in [0.25, 0.3) is 0 Å². The lowest BCUT2D eigenvalue weighted by atomic mass is 10.3. The number of aromatic nitrogens is 3. The first-order valence-electron chi connectivity index (χ1n) is 10.2. The number of alkyl halides is 2. The van der Waals surface area contributed by atoms with E-state index in [4.69, 9.17) is 16.3 Å². The first-order chi connectivity index (χ1) is 15.9. The smallest absolute Gasteiger partial charge is 0.387 e. The molecule has 3 aromatic rings. The van der Waals surface area contributed by atoms with Gasteiger partial charge in [-0.1, -0.05) is 47.6 Å². The second-order valence-electron chi connectivity index (χ2n) is 7.34. The van der Waals surface area contributed by atoms with Crippen LogP contribution in [-0.4, -0.2) is 32.5 Å². The Hall–Kier alpha value is -2.85. The van der Waals surface area contributed by atoms with Crippen molar-refractivity contribution in [1.82, 2.24) is 14.8 Å². The van der Waals surface area contributed by atoms with Crippen LogP contribution in [0.2, 0.25) is 5.02 Å². The quantitative estimate of drug-likeness (QED) is 0.371. The van der Waals surface area contributed by atoms with E-state index in [1.165, 1.54) is 23.9 Å². The summed E-state index contributed by atoms with van der Waals surface area (Å²) in [4.78, 5) is 12.7. The van der Waals surface area contributed by atoms with Gasteiger partial charge in [0, 0.05) is 6.04 Å². The minimum atomic E-state index is -2.99. The maximum atomic E-state index is 12.7. The molecule has 1 fully saturated rings. The minimum absolute atomic E-state index is 0.0989. The lowest BCUT2D eigenvalue weighted by Gasteiger charge is -2.15. The van der Waals surface area contributed by atoms with Crippen LogP contribution in [0.15, 0.2) is 53.7 Å². The van der Waals surface area contributed by atoms with Gasteiger partial charge in [-0.05, 0) is 44.0 Å². The molecule has 11 heteroatoms. The summed E-state index contributed by atoms with van der Waals surface area (Å²) < 4.78 is 37.5. The molecular weight excluding hydrogens is 474 g/mol. The van der Waals surface area contributed by atoms with E-state index < -0.39 is 11.9 Å². The Labute approximate surface area is 198 Å². The highest BCUT2D eigenvalue weighted by Gasteiger charge is 2.31. The molecule has 1 aromatic heterocycles. The number of benzene rings is 2. The van der Waals surface area contributed by atoms with Crippen molar-refractivity contribution in [1.29, 1.82) is 0 Å². The van der Waals surface area contributed by atoms with Crippen LogP contribution < -0.4 is 14.8 Å². The summed E-state index contributed by atoms with van der Waals surface area (Å²) in [6.07, 6.45) is 1.98. The number of nitrogens with one attached hydrogen (secondary N) is 1. The van der Waals surface area contributed by atoms with Gasteiger partial charge in [0.05, 0.1) is 16.0 Å². The van der Waals surface area contributed by atoms with Crippen molar-refractivity contribution >= 4 is 35.0 Å². The molecule has 0 radical (unpaired) electrons. The number of hydrogen-bond acceptors (Lipinski definition) is 6. The Bertz CT molecular complexity index is 1130. The Kier molecular flexibility index (Phi) is 7.34. The van der Waals surface area contributed by atoms with Crippen LogP contribution in [0.5, 0.6) is 11.5 Å². The summed E-state index contributed by atoms with van der Waals surface area (Å²) in [5.74, 6) is 0.724. The van der Waals surface area contributed by atoms with Crippen molar-refractivity contribution in [2.24, 2.45) is 0 Å². The van der Waals surface area contributed by atoms with Gasteiger partial charge in [-0.15, -0.1) is 10.2 Å². The number of halogens is 3. The Morgan fingerprint density at radius 1 is 1.18 bits per heavy atom. The highest BCUT2D eigenvalue weighted by molar-refractivity contribution is 8.00. The zero-order valence-electron chi connectivity index (χ0n) is 17.6. The van der Waals surface area contributed by atoms with E-state index >= 15 is 0 Å². The molecule has 0 aliphatic heterocycles. The number of hydrogen-bond donors (Lipinski definition) is 1. The molecular formula is C22H21ClF2N4O3S. The van der Waals surface area contributed by atoms with Crippen LogP contribution in [-0.2, 0) is 11.4 Å². The molecule has 1 amide bonds. The maximum Gasteiger partial charge on any atom is 0.387 e. The van der Waals surface area contributed by atoms with Gasteiger partial charge in [0.2, 0.25) is 5.91 Å². The number of carbonyl (C=O) groups is 1. The van der Waals surface area contributed by atoms with E-state index in [2.05, 4.69) is 20.3 Å². The molecule has 33 heavy (non-hydrogen) atoms. The zero-order valence-corrected chi connectivity index (χ0v) is 19.2. The van der Waals surface area contributed by atoms with E-state index in [0.717, 1.165) is 12.8 Å². The van der Waals surface area contributed by atoms with Crippen LogP contribution in [0, 0.1) is 0 Å². The number of ether oxygens (including phenoxy) is 2. The predicted molar refractivity (Wildman–Crippen MR) is 121 cm³/mol. The number of rotatable bonds is 10. The maximum absolute atomic E-state index is 12.7. The van der Waals surface area contributed by atoms with Crippen molar-refractivity contribution in [3.8, 4) is 11.5 Å². The second-order valence-corrected chi connectivity index (χ2v) is 9.06. The molecule has 1 heterocycles. The summed E-state index contributed by atoms with van der Waals surface area (Å²) in [5.41, 5.74) is 0.174. The third-order valence-corrected chi connectivity index (χ3v) is 6.22. The summed E-state index contributed by atoms with van der Waals surface area (Å²) in [5, 5.41) is 11.7. The molecule has 0 spiro atoms. The number of carbonyl (C=O) groups excluding carboxylic acids is 1. The van der Waals surface area contributed by atoms with Gasteiger partial charge < -0.3 is 14.8 Å². The highest BCUT2D eigenvalue weighted by atomic mass is 35.5. The van der Waals surface area contributed by atoms with Crippen molar-refractivity contribution in [3.05, 3.63) is 59.4 Å². The number of amides is 1. The molecule has 1 atom stereocenters. The third-order valence-electron chi connectivity index (χ3n) is 4.85. The van der Waals surface area contributed by atoms with E-state index in [1.54, 1.807) is 31.2 Å². The minimum Gasteiger partial charge on any atom is -0.484 e. The molecule has 174 valence electrons. The predicted octanol–water partition coefficient (Wildman–Crippen LogP) is 5.57. The summed E-state index contributed by atoms with van der Waals surface area (Å²) in [6.45, 7) is -1.09. The fourth-order valence-corrected chi connectivity index (χ4v) is 4.23. The standard InChI is InChI=1S/C22H21ClF2N4O3S/c1-13(20(30)26-16-7-3-5-9-18(16)32-21(24)25)33-22-28-27-19(29(22)14-10-11-14)12-31-17-8-4-2-6-15(17)23/h2-9,13-14,21H,10-12H2,1H3,(H,26,30). The first-order valence-corrected chi connectivity index (χ1v) is 11.5. The Morgan fingerprint density at radius 2 is 1.88 bits per heavy atom. The average Bonchev–Trinajstić information content (AvgIpc) is 3.55. The normalized spacial score (nSPS) is 14.2. The van der Waals surface area contributed by atoms with E-state index in [9.17, 15) is 13.6 Å². The molecule has 1 aliphatic carbocycles. The van der Waals surface area contributed by atoms with Crippen molar-refractivity contribution in [2.75, 3.05) is 5.32 Å². The van der Waals surface area contributed by atoms with Gasteiger partial charge in [0.15, 0.2) is 11.0 Å². The number of para-hydroxylation sites is 3. The monoisotopic (exact) mass is 494 g/mol. The van der Waals surface area contributed by atoms with Gasteiger partial charge in [-0.3, -0.25) is 9.36 Å². The molecule has 4 rings (SSSR count). The van der Waals surface area contributed by atoms with Crippen LogP contribution in [0.4, 0.5) is 14.5 Å². The van der Waals surface area contributed by atoms with Crippen LogP contribution in [0.25, 0.3) is 0 Å². The first kappa shape index (κ1) is 23.3. The van der Waals surface area contributed by atoms with E-state index in [-0.39, 0.29) is 30.0 Å². The van der Waals surface area contributed by atoms with Gasteiger partial charge >= 0.3 is 6.61 Å². The molecule has 1 N–H and O–H groups in total. The summed E-state index contributed by atoms with van der Waals surface area (Å²) >= 11 is 7.39. The summed E-state index contributed by atoms with van der Waals surface area (Å²) in [6, 6.07) is 13.5.